The topological polar surface area (TPSA) is 35.8 Å². The van der Waals surface area contributed by atoms with Crippen molar-refractivity contribution in [2.75, 3.05) is 13.1 Å². The summed E-state index contributed by atoms with van der Waals surface area (Å²) in [7, 11) is 0. The highest BCUT2D eigenvalue weighted by atomic mass is 79.9. The molecule has 0 radical (unpaired) electrons. The van der Waals surface area contributed by atoms with E-state index in [-0.39, 0.29) is 5.82 Å². The lowest BCUT2D eigenvalue weighted by Gasteiger charge is -2.27. The minimum absolute atomic E-state index is 0.171. The van der Waals surface area contributed by atoms with Gasteiger partial charge in [0.2, 0.25) is 0 Å². The van der Waals surface area contributed by atoms with Gasteiger partial charge in [-0.3, -0.25) is 4.90 Å². The van der Waals surface area contributed by atoms with Crippen LogP contribution in [0.25, 0.3) is 0 Å². The first-order chi connectivity index (χ1) is 8.19. The molecule has 1 N–H and O–H groups in total. The number of hydrogen-bond donors (Lipinski definition) is 1. The monoisotopic (exact) mass is 300 g/mol. The quantitative estimate of drug-likeness (QED) is 0.673. The van der Waals surface area contributed by atoms with Crippen LogP contribution in [0.4, 0.5) is 4.39 Å². The molecule has 1 aromatic carbocycles. The summed E-state index contributed by atoms with van der Waals surface area (Å²) in [6.45, 7) is 2.22. The number of likely N-dealkylation sites (tertiary alicyclic amines) is 1. The first-order valence-corrected chi connectivity index (χ1v) is 6.34. The molecule has 0 amide bonds. The Labute approximate surface area is 108 Å². The van der Waals surface area contributed by atoms with E-state index in [0.29, 0.717) is 12.1 Å². The van der Waals surface area contributed by atoms with E-state index in [1.165, 1.54) is 6.07 Å². The fraction of sp³-hybridized carbons (Fsp3) is 0.417. The van der Waals surface area contributed by atoms with Gasteiger partial charge in [-0.2, -0.15) is 0 Å². The zero-order valence-electron chi connectivity index (χ0n) is 9.37. The third kappa shape index (κ3) is 3.26. The molecule has 0 spiro atoms. The molecule has 1 aliphatic heterocycles. The van der Waals surface area contributed by atoms with Gasteiger partial charge < -0.3 is 5.21 Å². The molecule has 0 bridgehead atoms. The van der Waals surface area contributed by atoms with Crippen molar-refractivity contribution in [3.05, 3.63) is 34.1 Å². The number of rotatable bonds is 2. The molecule has 0 saturated carbocycles. The Morgan fingerprint density at radius 1 is 1.35 bits per heavy atom. The molecular weight excluding hydrogens is 287 g/mol. The molecular formula is C12H14BrFN2O. The van der Waals surface area contributed by atoms with E-state index in [9.17, 15) is 4.39 Å². The molecule has 0 unspecified atom stereocenters. The molecule has 1 fully saturated rings. The van der Waals surface area contributed by atoms with Crippen LogP contribution in [0.1, 0.15) is 18.4 Å². The third-order valence-corrected chi connectivity index (χ3v) is 3.47. The second-order valence-corrected chi connectivity index (χ2v) is 5.09. The Kier molecular flexibility index (Phi) is 4.12. The summed E-state index contributed by atoms with van der Waals surface area (Å²) in [5.41, 5.74) is 1.53. The van der Waals surface area contributed by atoms with E-state index in [4.69, 9.17) is 5.21 Å². The number of halogens is 2. The zero-order chi connectivity index (χ0) is 12.3. The molecule has 17 heavy (non-hydrogen) atoms. The van der Waals surface area contributed by atoms with Gasteiger partial charge in [-0.1, -0.05) is 21.1 Å². The van der Waals surface area contributed by atoms with Crippen molar-refractivity contribution in [2.45, 2.75) is 19.4 Å². The summed E-state index contributed by atoms with van der Waals surface area (Å²) in [5, 5.41) is 11.9. The molecule has 2 rings (SSSR count). The molecule has 92 valence electrons. The molecule has 1 heterocycles. The smallest absolute Gasteiger partial charge is 0.127 e. The molecule has 0 aliphatic carbocycles. The highest BCUT2D eigenvalue weighted by molar-refractivity contribution is 9.10. The van der Waals surface area contributed by atoms with Crippen LogP contribution in [0.5, 0.6) is 0 Å². The van der Waals surface area contributed by atoms with Gasteiger partial charge in [-0.05, 0) is 18.2 Å². The number of piperidine rings is 1. The average molecular weight is 301 g/mol. The lowest BCUT2D eigenvalue weighted by atomic mass is 10.1. The first kappa shape index (κ1) is 12.5. The molecule has 1 aliphatic rings. The number of oxime groups is 1. The predicted molar refractivity (Wildman–Crippen MR) is 67.8 cm³/mol. The van der Waals surface area contributed by atoms with E-state index in [1.807, 2.05) is 6.07 Å². The Bertz CT molecular complexity index is 427. The maximum atomic E-state index is 13.6. The number of nitrogens with zero attached hydrogens (tertiary/aromatic N) is 2. The summed E-state index contributed by atoms with van der Waals surface area (Å²) >= 11 is 3.34. The van der Waals surface area contributed by atoms with Crippen molar-refractivity contribution in [1.82, 2.24) is 4.90 Å². The van der Waals surface area contributed by atoms with Gasteiger partial charge >= 0.3 is 0 Å². The van der Waals surface area contributed by atoms with Crippen molar-refractivity contribution in [1.29, 1.82) is 0 Å². The zero-order valence-corrected chi connectivity index (χ0v) is 11.0. The van der Waals surface area contributed by atoms with Gasteiger partial charge in [0.1, 0.15) is 5.82 Å². The Morgan fingerprint density at radius 2 is 2.06 bits per heavy atom. The van der Waals surface area contributed by atoms with Gasteiger partial charge in [0, 0.05) is 42.5 Å². The van der Waals surface area contributed by atoms with Crippen LogP contribution in [-0.4, -0.2) is 28.9 Å². The number of benzene rings is 1. The summed E-state index contributed by atoms with van der Waals surface area (Å²) < 4.78 is 14.4. The predicted octanol–water partition coefficient (Wildman–Crippen LogP) is 3.01. The van der Waals surface area contributed by atoms with E-state index < -0.39 is 0 Å². The van der Waals surface area contributed by atoms with E-state index in [2.05, 4.69) is 26.0 Å². The van der Waals surface area contributed by atoms with Crippen molar-refractivity contribution in [3.8, 4) is 0 Å². The van der Waals surface area contributed by atoms with Gasteiger partial charge in [-0.15, -0.1) is 0 Å². The van der Waals surface area contributed by atoms with Crippen molar-refractivity contribution in [2.24, 2.45) is 5.16 Å². The maximum absolute atomic E-state index is 13.6. The van der Waals surface area contributed by atoms with Crippen LogP contribution in [0.3, 0.4) is 0 Å². The first-order valence-electron chi connectivity index (χ1n) is 5.55. The molecule has 5 heteroatoms. The largest absolute Gasteiger partial charge is 0.411 e. The summed E-state index contributed by atoms with van der Waals surface area (Å²) in [5.74, 6) is -0.171. The lowest BCUT2D eigenvalue weighted by Crippen LogP contribution is -2.33. The second kappa shape index (κ2) is 5.60. The Morgan fingerprint density at radius 3 is 2.71 bits per heavy atom. The lowest BCUT2D eigenvalue weighted by molar-refractivity contribution is 0.253. The van der Waals surface area contributed by atoms with E-state index in [0.717, 1.165) is 36.1 Å². The Hall–Kier alpha value is -0.940. The van der Waals surface area contributed by atoms with Gasteiger partial charge in [0.15, 0.2) is 0 Å². The average Bonchev–Trinajstić information content (AvgIpc) is 2.35. The molecule has 3 nitrogen and oxygen atoms in total. The Balaban J connectivity index is 2.00. The van der Waals surface area contributed by atoms with Crippen LogP contribution in [0, 0.1) is 5.82 Å². The summed E-state index contributed by atoms with van der Waals surface area (Å²) in [6, 6.07) is 4.99. The van der Waals surface area contributed by atoms with Crippen LogP contribution in [0.2, 0.25) is 0 Å². The normalized spacial score (nSPS) is 17.2. The highest BCUT2D eigenvalue weighted by Crippen LogP contribution is 2.18. The van der Waals surface area contributed by atoms with Gasteiger partial charge in [0.25, 0.3) is 0 Å². The van der Waals surface area contributed by atoms with Gasteiger partial charge in [0.05, 0.1) is 5.71 Å². The molecule has 1 aromatic rings. The van der Waals surface area contributed by atoms with Gasteiger partial charge in [-0.25, -0.2) is 4.39 Å². The molecule has 1 saturated heterocycles. The maximum Gasteiger partial charge on any atom is 0.127 e. The fourth-order valence-electron chi connectivity index (χ4n) is 1.97. The highest BCUT2D eigenvalue weighted by Gasteiger charge is 2.16. The SMILES string of the molecule is ON=C1CCN(Cc2cc(Br)ccc2F)CC1. The molecule has 0 atom stereocenters. The standard InChI is InChI=1S/C12H14BrFN2O/c13-10-1-2-12(14)9(7-10)8-16-5-3-11(15-17)4-6-16/h1-2,7,17H,3-6,8H2. The minimum Gasteiger partial charge on any atom is -0.411 e. The second-order valence-electron chi connectivity index (χ2n) is 4.18. The van der Waals surface area contributed by atoms with Crippen LogP contribution >= 0.6 is 15.9 Å². The molecule has 0 aromatic heterocycles. The third-order valence-electron chi connectivity index (χ3n) is 2.98. The van der Waals surface area contributed by atoms with Crippen LogP contribution in [-0.2, 0) is 6.54 Å². The van der Waals surface area contributed by atoms with Crippen LogP contribution < -0.4 is 0 Å². The van der Waals surface area contributed by atoms with Crippen LogP contribution in [0.15, 0.2) is 27.8 Å². The van der Waals surface area contributed by atoms with Crippen molar-refractivity contribution in [3.63, 3.8) is 0 Å². The number of hydrogen-bond acceptors (Lipinski definition) is 3. The summed E-state index contributed by atoms with van der Waals surface area (Å²) in [4.78, 5) is 2.17. The van der Waals surface area contributed by atoms with E-state index >= 15 is 0 Å². The van der Waals surface area contributed by atoms with Crippen molar-refractivity contribution >= 4 is 21.6 Å². The minimum atomic E-state index is -0.171. The van der Waals surface area contributed by atoms with Crippen molar-refractivity contribution < 1.29 is 9.60 Å². The summed E-state index contributed by atoms with van der Waals surface area (Å²) in [6.07, 6.45) is 1.51. The van der Waals surface area contributed by atoms with E-state index in [1.54, 1.807) is 6.07 Å². The fourth-order valence-corrected chi connectivity index (χ4v) is 2.38.